The van der Waals surface area contributed by atoms with Crippen LogP contribution in [0.1, 0.15) is 26.2 Å². The molecule has 1 aromatic heterocycles. The molecule has 16 heavy (non-hydrogen) atoms. The molecule has 1 fully saturated rings. The molecule has 1 unspecified atom stereocenters. The molecule has 1 aromatic rings. The zero-order valence-corrected chi connectivity index (χ0v) is 11.0. The van der Waals surface area contributed by atoms with Crippen LogP contribution < -0.4 is 4.90 Å². The predicted molar refractivity (Wildman–Crippen MR) is 67.1 cm³/mol. The summed E-state index contributed by atoms with van der Waals surface area (Å²) < 4.78 is 14.4. The van der Waals surface area contributed by atoms with Gasteiger partial charge in [-0.1, -0.05) is 6.92 Å². The number of nitrogens with zero attached hydrogens (tertiary/aromatic N) is 2. The van der Waals surface area contributed by atoms with Crippen LogP contribution in [-0.4, -0.2) is 18.1 Å². The minimum atomic E-state index is -0.232. The normalized spacial score (nSPS) is 21.9. The van der Waals surface area contributed by atoms with Crippen molar-refractivity contribution in [1.82, 2.24) is 4.98 Å². The first-order valence-corrected chi connectivity index (χ1v) is 6.52. The van der Waals surface area contributed by atoms with Crippen molar-refractivity contribution in [2.45, 2.75) is 26.2 Å². The SMILES string of the molecule is CC1CCCN(c2ncc(Br)cc2F)CC1. The second-order valence-electron chi connectivity index (χ2n) is 4.48. The summed E-state index contributed by atoms with van der Waals surface area (Å²) in [4.78, 5) is 6.23. The van der Waals surface area contributed by atoms with Crippen molar-refractivity contribution in [3.63, 3.8) is 0 Å². The summed E-state index contributed by atoms with van der Waals surface area (Å²) in [6.07, 6.45) is 5.14. The van der Waals surface area contributed by atoms with Crippen molar-refractivity contribution < 1.29 is 4.39 Å². The summed E-state index contributed by atoms with van der Waals surface area (Å²) in [5.41, 5.74) is 0. The summed E-state index contributed by atoms with van der Waals surface area (Å²) in [5, 5.41) is 0. The number of hydrogen-bond acceptors (Lipinski definition) is 2. The van der Waals surface area contributed by atoms with Gasteiger partial charge in [0.25, 0.3) is 0 Å². The van der Waals surface area contributed by atoms with Crippen molar-refractivity contribution in [2.75, 3.05) is 18.0 Å². The molecule has 0 saturated carbocycles. The van der Waals surface area contributed by atoms with E-state index in [-0.39, 0.29) is 5.82 Å². The molecule has 1 atom stereocenters. The molecule has 2 nitrogen and oxygen atoms in total. The molecule has 0 spiro atoms. The van der Waals surface area contributed by atoms with Gasteiger partial charge < -0.3 is 4.90 Å². The van der Waals surface area contributed by atoms with E-state index in [1.807, 2.05) is 0 Å². The van der Waals surface area contributed by atoms with Crippen LogP contribution in [0, 0.1) is 11.7 Å². The molecule has 0 aliphatic carbocycles. The van der Waals surface area contributed by atoms with Gasteiger partial charge in [0.15, 0.2) is 11.6 Å². The molecule has 0 amide bonds. The van der Waals surface area contributed by atoms with E-state index in [1.54, 1.807) is 6.20 Å². The zero-order chi connectivity index (χ0) is 11.5. The van der Waals surface area contributed by atoms with Gasteiger partial charge in [-0.2, -0.15) is 0 Å². The minimum absolute atomic E-state index is 0.232. The number of aromatic nitrogens is 1. The third-order valence-electron chi connectivity index (χ3n) is 3.10. The third-order valence-corrected chi connectivity index (χ3v) is 3.54. The average molecular weight is 287 g/mol. The summed E-state index contributed by atoms with van der Waals surface area (Å²) in [7, 11) is 0. The lowest BCUT2D eigenvalue weighted by Gasteiger charge is -2.21. The Morgan fingerprint density at radius 1 is 1.44 bits per heavy atom. The van der Waals surface area contributed by atoms with Crippen LogP contribution in [0.25, 0.3) is 0 Å². The Morgan fingerprint density at radius 3 is 3.00 bits per heavy atom. The van der Waals surface area contributed by atoms with Gasteiger partial charge in [0, 0.05) is 23.8 Å². The Bertz CT molecular complexity index is 370. The second-order valence-corrected chi connectivity index (χ2v) is 5.40. The minimum Gasteiger partial charge on any atom is -0.354 e. The Kier molecular flexibility index (Phi) is 3.79. The highest BCUT2D eigenvalue weighted by Gasteiger charge is 2.17. The third kappa shape index (κ3) is 2.73. The maximum Gasteiger partial charge on any atom is 0.166 e. The molecule has 0 bridgehead atoms. The van der Waals surface area contributed by atoms with Crippen molar-refractivity contribution in [2.24, 2.45) is 5.92 Å². The number of halogens is 2. The highest BCUT2D eigenvalue weighted by molar-refractivity contribution is 9.10. The average Bonchev–Trinajstić information content (AvgIpc) is 2.43. The van der Waals surface area contributed by atoms with Crippen molar-refractivity contribution in [3.05, 3.63) is 22.6 Å². The molecule has 0 radical (unpaired) electrons. The molecule has 1 aliphatic heterocycles. The monoisotopic (exact) mass is 286 g/mol. The molecule has 2 rings (SSSR count). The number of hydrogen-bond donors (Lipinski definition) is 0. The summed E-state index contributed by atoms with van der Waals surface area (Å²) >= 11 is 3.22. The van der Waals surface area contributed by atoms with E-state index in [1.165, 1.54) is 12.5 Å². The quantitative estimate of drug-likeness (QED) is 0.784. The van der Waals surface area contributed by atoms with Gasteiger partial charge in [-0.05, 0) is 47.2 Å². The van der Waals surface area contributed by atoms with Gasteiger partial charge in [-0.25, -0.2) is 9.37 Å². The maximum absolute atomic E-state index is 13.7. The Balaban J connectivity index is 2.16. The highest BCUT2D eigenvalue weighted by Crippen LogP contribution is 2.24. The summed E-state index contributed by atoms with van der Waals surface area (Å²) in [5.74, 6) is 1.00. The molecular formula is C12H16BrFN2. The van der Waals surface area contributed by atoms with Crippen LogP contribution in [-0.2, 0) is 0 Å². The van der Waals surface area contributed by atoms with E-state index in [0.29, 0.717) is 10.3 Å². The molecule has 88 valence electrons. The van der Waals surface area contributed by atoms with Gasteiger partial charge in [-0.3, -0.25) is 0 Å². The van der Waals surface area contributed by atoms with Crippen LogP contribution in [0.4, 0.5) is 10.2 Å². The van der Waals surface area contributed by atoms with E-state index < -0.39 is 0 Å². The van der Waals surface area contributed by atoms with Crippen molar-refractivity contribution >= 4 is 21.7 Å². The Labute approximate surface area is 104 Å². The lowest BCUT2D eigenvalue weighted by atomic mass is 10.0. The zero-order valence-electron chi connectivity index (χ0n) is 9.42. The molecule has 4 heteroatoms. The maximum atomic E-state index is 13.7. The first-order valence-electron chi connectivity index (χ1n) is 5.73. The van der Waals surface area contributed by atoms with Gasteiger partial charge in [-0.15, -0.1) is 0 Å². The fourth-order valence-electron chi connectivity index (χ4n) is 2.11. The van der Waals surface area contributed by atoms with Crippen LogP contribution in [0.5, 0.6) is 0 Å². The van der Waals surface area contributed by atoms with Crippen LogP contribution >= 0.6 is 15.9 Å². The van der Waals surface area contributed by atoms with Crippen molar-refractivity contribution in [1.29, 1.82) is 0 Å². The fourth-order valence-corrected chi connectivity index (χ4v) is 2.42. The van der Waals surface area contributed by atoms with Crippen molar-refractivity contribution in [3.8, 4) is 0 Å². The van der Waals surface area contributed by atoms with Gasteiger partial charge in [0.05, 0.1) is 0 Å². The number of anilines is 1. The highest BCUT2D eigenvalue weighted by atomic mass is 79.9. The second kappa shape index (κ2) is 5.13. The summed E-state index contributed by atoms with van der Waals surface area (Å²) in [6, 6.07) is 1.48. The first kappa shape index (κ1) is 11.8. The van der Waals surface area contributed by atoms with Crippen LogP contribution in [0.15, 0.2) is 16.7 Å². The van der Waals surface area contributed by atoms with Gasteiger partial charge >= 0.3 is 0 Å². The number of pyridine rings is 1. The molecular weight excluding hydrogens is 271 g/mol. The molecule has 1 aliphatic rings. The van der Waals surface area contributed by atoms with Gasteiger partial charge in [0.2, 0.25) is 0 Å². The lowest BCUT2D eigenvalue weighted by molar-refractivity contribution is 0.520. The first-order chi connectivity index (χ1) is 7.66. The smallest absolute Gasteiger partial charge is 0.166 e. The van der Waals surface area contributed by atoms with Crippen LogP contribution in [0.3, 0.4) is 0 Å². The standard InChI is InChI=1S/C12H16BrFN2/c1-9-3-2-5-16(6-4-9)12-11(14)7-10(13)8-15-12/h7-9H,2-6H2,1H3. The van der Waals surface area contributed by atoms with E-state index in [2.05, 4.69) is 32.7 Å². The largest absolute Gasteiger partial charge is 0.354 e. The molecule has 2 heterocycles. The summed E-state index contributed by atoms with van der Waals surface area (Å²) in [6.45, 7) is 4.08. The topological polar surface area (TPSA) is 16.1 Å². The molecule has 1 saturated heterocycles. The Hall–Kier alpha value is -0.640. The predicted octanol–water partition coefficient (Wildman–Crippen LogP) is 3.61. The van der Waals surface area contributed by atoms with E-state index >= 15 is 0 Å². The Morgan fingerprint density at radius 2 is 2.25 bits per heavy atom. The lowest BCUT2D eigenvalue weighted by Crippen LogP contribution is -2.26. The fraction of sp³-hybridized carbons (Fsp3) is 0.583. The van der Waals surface area contributed by atoms with E-state index in [4.69, 9.17) is 0 Å². The van der Waals surface area contributed by atoms with E-state index in [9.17, 15) is 4.39 Å². The van der Waals surface area contributed by atoms with Gasteiger partial charge in [0.1, 0.15) is 0 Å². The van der Waals surface area contributed by atoms with Crippen LogP contribution in [0.2, 0.25) is 0 Å². The number of rotatable bonds is 1. The molecule has 0 aromatic carbocycles. The van der Waals surface area contributed by atoms with E-state index in [0.717, 1.165) is 31.8 Å². The molecule has 0 N–H and O–H groups in total.